The molecule has 1 aliphatic rings. The monoisotopic (exact) mass is 516 g/mol. The van der Waals surface area contributed by atoms with Crippen LogP contribution in [0.3, 0.4) is 0 Å². The van der Waals surface area contributed by atoms with E-state index in [0.717, 1.165) is 32.1 Å². The fourth-order valence-corrected chi connectivity index (χ4v) is 5.86. The maximum atomic E-state index is 13.2. The molecule has 0 atom stereocenters. The highest BCUT2D eigenvalue weighted by atomic mass is 35.5. The van der Waals surface area contributed by atoms with Crippen molar-refractivity contribution in [3.63, 3.8) is 0 Å². The number of carbonyl (C=O) groups is 1. The third kappa shape index (κ3) is 5.91. The molecule has 0 N–H and O–H groups in total. The van der Waals surface area contributed by atoms with Gasteiger partial charge in [-0.05, 0) is 55.7 Å². The van der Waals surface area contributed by atoms with Crippen molar-refractivity contribution in [3.05, 3.63) is 65.0 Å². The van der Waals surface area contributed by atoms with E-state index >= 15 is 0 Å². The van der Waals surface area contributed by atoms with Crippen molar-refractivity contribution in [2.75, 3.05) is 19.6 Å². The molecule has 0 aliphatic carbocycles. The quantitative estimate of drug-likeness (QED) is 0.417. The molecule has 4 rings (SSSR count). The Balaban J connectivity index is 1.49. The summed E-state index contributed by atoms with van der Waals surface area (Å²) in [5.74, 6) is 0.350. The van der Waals surface area contributed by atoms with Crippen LogP contribution in [-0.2, 0) is 16.6 Å². The number of aromatic nitrogens is 2. The van der Waals surface area contributed by atoms with Crippen molar-refractivity contribution in [3.8, 4) is 11.5 Å². The fraction of sp³-hybridized carbons (Fsp3) is 0.400. The number of nitrogens with zero attached hydrogens (tertiary/aromatic N) is 4. The summed E-state index contributed by atoms with van der Waals surface area (Å²) in [5.41, 5.74) is 1.03. The zero-order chi connectivity index (χ0) is 24.8. The Bertz CT molecular complexity index is 1250. The molecule has 186 valence electrons. The minimum Gasteiger partial charge on any atom is -0.419 e. The third-order valence-electron chi connectivity index (χ3n) is 5.98. The minimum atomic E-state index is -3.57. The lowest BCUT2D eigenvalue weighted by atomic mass is 10.2. The summed E-state index contributed by atoms with van der Waals surface area (Å²) in [6.45, 7) is 3.66. The van der Waals surface area contributed by atoms with Crippen molar-refractivity contribution in [1.29, 1.82) is 0 Å². The van der Waals surface area contributed by atoms with Crippen molar-refractivity contribution < 1.29 is 17.6 Å². The van der Waals surface area contributed by atoms with E-state index in [0.29, 0.717) is 41.7 Å². The Labute approximate surface area is 211 Å². The zero-order valence-electron chi connectivity index (χ0n) is 19.7. The molecular weight excluding hydrogens is 488 g/mol. The average Bonchev–Trinajstić information content (AvgIpc) is 3.14. The predicted octanol–water partition coefficient (Wildman–Crippen LogP) is 5.01. The van der Waals surface area contributed by atoms with Crippen LogP contribution < -0.4 is 0 Å². The number of halogens is 1. The molecule has 0 spiro atoms. The second kappa shape index (κ2) is 11.3. The molecule has 8 nitrogen and oxygen atoms in total. The van der Waals surface area contributed by atoms with Crippen LogP contribution >= 0.6 is 11.6 Å². The highest BCUT2D eigenvalue weighted by Gasteiger charge is 2.26. The van der Waals surface area contributed by atoms with Crippen LogP contribution in [0.1, 0.15) is 55.3 Å². The predicted molar refractivity (Wildman–Crippen MR) is 133 cm³/mol. The largest absolute Gasteiger partial charge is 0.419 e. The molecule has 0 bridgehead atoms. The van der Waals surface area contributed by atoms with Crippen molar-refractivity contribution >= 4 is 27.5 Å². The van der Waals surface area contributed by atoms with Crippen molar-refractivity contribution in [2.45, 2.75) is 50.5 Å². The van der Waals surface area contributed by atoms with Gasteiger partial charge in [0, 0.05) is 25.2 Å². The van der Waals surface area contributed by atoms with E-state index in [4.69, 9.17) is 16.0 Å². The molecule has 2 heterocycles. The Kier molecular flexibility index (Phi) is 8.20. The number of hydrogen-bond acceptors (Lipinski definition) is 6. The van der Waals surface area contributed by atoms with Gasteiger partial charge < -0.3 is 9.32 Å². The van der Waals surface area contributed by atoms with Crippen LogP contribution in [-0.4, -0.2) is 53.4 Å². The summed E-state index contributed by atoms with van der Waals surface area (Å²) >= 11 is 6.22. The average molecular weight is 517 g/mol. The lowest BCUT2D eigenvalue weighted by Crippen LogP contribution is -2.32. The smallest absolute Gasteiger partial charge is 0.254 e. The lowest BCUT2D eigenvalue weighted by molar-refractivity contribution is 0.0728. The van der Waals surface area contributed by atoms with Crippen molar-refractivity contribution in [1.82, 2.24) is 19.4 Å². The molecule has 3 aromatic rings. The summed E-state index contributed by atoms with van der Waals surface area (Å²) in [6.07, 6.45) is 4.57. The van der Waals surface area contributed by atoms with Gasteiger partial charge in [-0.25, -0.2) is 8.42 Å². The van der Waals surface area contributed by atoms with Gasteiger partial charge in [-0.2, -0.15) is 4.31 Å². The van der Waals surface area contributed by atoms with Crippen LogP contribution in [0.2, 0.25) is 5.02 Å². The van der Waals surface area contributed by atoms with Crippen LogP contribution in [0.15, 0.2) is 57.8 Å². The first-order chi connectivity index (χ1) is 16.9. The lowest BCUT2D eigenvalue weighted by Gasteiger charge is -2.21. The van der Waals surface area contributed by atoms with E-state index in [1.54, 1.807) is 33.5 Å². The van der Waals surface area contributed by atoms with E-state index in [1.807, 2.05) is 19.1 Å². The molecule has 1 saturated heterocycles. The molecule has 1 aliphatic heterocycles. The van der Waals surface area contributed by atoms with Gasteiger partial charge in [0.1, 0.15) is 0 Å². The number of sulfonamides is 1. The second-order valence-corrected chi connectivity index (χ2v) is 10.9. The first-order valence-corrected chi connectivity index (χ1v) is 13.7. The maximum Gasteiger partial charge on any atom is 0.254 e. The molecule has 1 aromatic heterocycles. The highest BCUT2D eigenvalue weighted by molar-refractivity contribution is 7.89. The van der Waals surface area contributed by atoms with Gasteiger partial charge in [0.25, 0.3) is 5.91 Å². The molecule has 0 radical (unpaired) electrons. The van der Waals surface area contributed by atoms with Gasteiger partial charge in [-0.1, -0.05) is 43.5 Å². The number of hydrogen-bond donors (Lipinski definition) is 0. The summed E-state index contributed by atoms with van der Waals surface area (Å²) < 4.78 is 33.4. The molecule has 1 amide bonds. The number of benzene rings is 2. The van der Waals surface area contributed by atoms with Crippen molar-refractivity contribution in [2.24, 2.45) is 0 Å². The van der Waals surface area contributed by atoms with Crippen LogP contribution in [0.5, 0.6) is 0 Å². The Morgan fingerprint density at radius 2 is 1.71 bits per heavy atom. The Morgan fingerprint density at radius 3 is 2.37 bits per heavy atom. The van der Waals surface area contributed by atoms with Crippen LogP contribution in [0.4, 0.5) is 0 Å². The van der Waals surface area contributed by atoms with E-state index in [-0.39, 0.29) is 23.2 Å². The molecule has 35 heavy (non-hydrogen) atoms. The number of carbonyl (C=O) groups excluding carboxylic acids is 1. The van der Waals surface area contributed by atoms with Crippen LogP contribution in [0, 0.1) is 0 Å². The van der Waals surface area contributed by atoms with E-state index in [1.165, 1.54) is 12.1 Å². The normalized spacial score (nSPS) is 15.0. The fourth-order valence-electron chi connectivity index (χ4n) is 4.13. The SMILES string of the molecule is CCCN(Cc1nnc(-c2ccccc2Cl)o1)C(=O)c1ccc(S(=O)(=O)N2CCCCCC2)cc1. The van der Waals surface area contributed by atoms with Crippen LogP contribution in [0.25, 0.3) is 11.5 Å². The van der Waals surface area contributed by atoms with E-state index in [9.17, 15) is 13.2 Å². The van der Waals surface area contributed by atoms with Gasteiger partial charge in [0.05, 0.1) is 22.0 Å². The summed E-state index contributed by atoms with van der Waals surface area (Å²) in [6, 6.07) is 13.3. The Morgan fingerprint density at radius 1 is 1.03 bits per heavy atom. The van der Waals surface area contributed by atoms with E-state index in [2.05, 4.69) is 10.2 Å². The molecule has 1 fully saturated rings. The van der Waals surface area contributed by atoms with Gasteiger partial charge in [0.15, 0.2) is 0 Å². The molecule has 0 unspecified atom stereocenters. The van der Waals surface area contributed by atoms with Gasteiger partial charge in [-0.15, -0.1) is 10.2 Å². The second-order valence-electron chi connectivity index (χ2n) is 8.55. The zero-order valence-corrected chi connectivity index (χ0v) is 21.3. The summed E-state index contributed by atoms with van der Waals surface area (Å²) in [5, 5.41) is 8.65. The van der Waals surface area contributed by atoms with Gasteiger partial charge in [-0.3, -0.25) is 4.79 Å². The summed E-state index contributed by atoms with van der Waals surface area (Å²) in [4.78, 5) is 15.1. The molecule has 2 aromatic carbocycles. The van der Waals surface area contributed by atoms with E-state index < -0.39 is 10.0 Å². The molecular formula is C25H29ClN4O4S. The standard InChI is InChI=1S/C25H29ClN4O4S/c1-2-15-29(18-23-27-28-24(34-23)21-9-5-6-10-22(21)26)25(31)19-11-13-20(14-12-19)35(32,33)30-16-7-3-4-8-17-30/h5-6,9-14H,2-4,7-8,15-18H2,1H3. The molecule has 10 heteroatoms. The molecule has 0 saturated carbocycles. The maximum absolute atomic E-state index is 13.2. The summed E-state index contributed by atoms with van der Waals surface area (Å²) in [7, 11) is -3.57. The first-order valence-electron chi connectivity index (χ1n) is 11.9. The first kappa shape index (κ1) is 25.3. The Hall–Kier alpha value is -2.75. The number of amides is 1. The highest BCUT2D eigenvalue weighted by Crippen LogP contribution is 2.27. The minimum absolute atomic E-state index is 0.137. The van der Waals surface area contributed by atoms with Gasteiger partial charge >= 0.3 is 0 Å². The third-order valence-corrected chi connectivity index (χ3v) is 8.22. The van der Waals surface area contributed by atoms with Gasteiger partial charge in [0.2, 0.25) is 21.8 Å². The topological polar surface area (TPSA) is 96.6 Å². The number of rotatable bonds is 8.